The number of amides is 2. The fourth-order valence-corrected chi connectivity index (χ4v) is 0.720. The van der Waals surface area contributed by atoms with E-state index in [9.17, 15) is 4.79 Å². The lowest BCUT2D eigenvalue weighted by atomic mass is 10.6. The van der Waals surface area contributed by atoms with Gasteiger partial charge in [-0.15, -0.1) is 0 Å². The van der Waals surface area contributed by atoms with Gasteiger partial charge in [0.05, 0.1) is 6.73 Å². The summed E-state index contributed by atoms with van der Waals surface area (Å²) < 4.78 is 5.04. The maximum absolute atomic E-state index is 10.6. The van der Waals surface area contributed by atoms with Crippen LogP contribution in [0.3, 0.4) is 0 Å². The summed E-state index contributed by atoms with van der Waals surface area (Å²) >= 11 is 0. The lowest BCUT2D eigenvalue weighted by molar-refractivity contribution is 0.0942. The minimum atomic E-state index is -0.214. The zero-order valence-corrected chi connectivity index (χ0v) is 5.81. The van der Waals surface area contributed by atoms with E-state index >= 15 is 0 Å². The van der Waals surface area contributed by atoms with E-state index in [1.165, 1.54) is 0 Å². The van der Waals surface area contributed by atoms with Gasteiger partial charge in [-0.3, -0.25) is 5.32 Å². The van der Waals surface area contributed by atoms with E-state index in [-0.39, 0.29) is 12.3 Å². The van der Waals surface area contributed by atoms with Gasteiger partial charge in [0.2, 0.25) is 0 Å². The molecule has 0 aromatic heterocycles. The summed E-state index contributed by atoms with van der Waals surface area (Å²) in [5, 5.41) is 7.96. The van der Waals surface area contributed by atoms with E-state index in [4.69, 9.17) is 4.74 Å². The van der Waals surface area contributed by atoms with Crippen molar-refractivity contribution in [1.82, 2.24) is 16.0 Å². The highest BCUT2D eigenvalue weighted by Gasteiger charge is 2.15. The summed E-state index contributed by atoms with van der Waals surface area (Å²) in [6.45, 7) is 1.18. The molecule has 1 heterocycles. The first-order valence-electron chi connectivity index (χ1n) is 3.13. The van der Waals surface area contributed by atoms with Crippen molar-refractivity contribution in [3.63, 3.8) is 0 Å². The summed E-state index contributed by atoms with van der Waals surface area (Å²) in [6.07, 6.45) is -0.181. The lowest BCUT2D eigenvalue weighted by Crippen LogP contribution is -2.42. The normalized spacial score (nSPS) is 24.3. The molecule has 0 aromatic carbocycles. The van der Waals surface area contributed by atoms with Gasteiger partial charge in [-0.05, 0) is 0 Å². The SMILES string of the molecule is CNC(=O)NC1CNCO1. The number of rotatable bonds is 1. The first kappa shape index (κ1) is 7.30. The summed E-state index contributed by atoms with van der Waals surface area (Å²) in [4.78, 5) is 10.6. The molecule has 0 bridgehead atoms. The molecule has 1 aliphatic heterocycles. The van der Waals surface area contributed by atoms with Gasteiger partial charge in [0, 0.05) is 13.6 Å². The van der Waals surface area contributed by atoms with Crippen molar-refractivity contribution in [2.24, 2.45) is 0 Å². The van der Waals surface area contributed by atoms with Crippen molar-refractivity contribution >= 4 is 6.03 Å². The predicted octanol–water partition coefficient (Wildman–Crippen LogP) is -1.18. The van der Waals surface area contributed by atoms with Crippen LogP contribution in [0.2, 0.25) is 0 Å². The molecule has 1 rings (SSSR count). The average Bonchev–Trinajstić information content (AvgIpc) is 2.40. The number of carbonyl (C=O) groups excluding carboxylic acids is 1. The fourth-order valence-electron chi connectivity index (χ4n) is 0.720. The molecule has 1 saturated heterocycles. The molecule has 58 valence electrons. The molecule has 3 N–H and O–H groups in total. The second-order valence-electron chi connectivity index (χ2n) is 1.98. The number of ether oxygens (including phenoxy) is 1. The highest BCUT2D eigenvalue weighted by molar-refractivity contribution is 5.73. The Bertz CT molecular complexity index is 122. The molecular weight excluding hydrogens is 134 g/mol. The molecule has 1 aliphatic rings. The van der Waals surface area contributed by atoms with Crippen molar-refractivity contribution in [1.29, 1.82) is 0 Å². The molecule has 0 saturated carbocycles. The first-order chi connectivity index (χ1) is 4.83. The summed E-state index contributed by atoms with van der Waals surface area (Å²) in [5.41, 5.74) is 0. The summed E-state index contributed by atoms with van der Waals surface area (Å²) in [7, 11) is 1.57. The third kappa shape index (κ3) is 1.85. The minimum absolute atomic E-state index is 0.181. The largest absolute Gasteiger partial charge is 0.342 e. The second-order valence-corrected chi connectivity index (χ2v) is 1.98. The molecule has 5 nitrogen and oxygen atoms in total. The quantitative estimate of drug-likeness (QED) is 0.435. The number of hydrogen-bond acceptors (Lipinski definition) is 3. The van der Waals surface area contributed by atoms with E-state index < -0.39 is 0 Å². The Labute approximate surface area is 59.1 Å². The van der Waals surface area contributed by atoms with Crippen LogP contribution in [0.25, 0.3) is 0 Å². The number of urea groups is 1. The van der Waals surface area contributed by atoms with Crippen LogP contribution in [-0.2, 0) is 4.74 Å². The van der Waals surface area contributed by atoms with Crippen molar-refractivity contribution < 1.29 is 9.53 Å². The summed E-state index contributed by atoms with van der Waals surface area (Å²) in [6, 6.07) is -0.214. The summed E-state index contributed by atoms with van der Waals surface area (Å²) in [5.74, 6) is 0. The standard InChI is InChI=1S/C5H11N3O2/c1-6-5(9)8-4-2-7-3-10-4/h4,7H,2-3H2,1H3,(H2,6,8,9). The molecule has 0 aliphatic carbocycles. The monoisotopic (exact) mass is 145 g/mol. The minimum Gasteiger partial charge on any atom is -0.342 e. The lowest BCUT2D eigenvalue weighted by Gasteiger charge is -2.09. The van der Waals surface area contributed by atoms with Crippen LogP contribution in [0.5, 0.6) is 0 Å². The van der Waals surface area contributed by atoms with Gasteiger partial charge >= 0.3 is 6.03 Å². The van der Waals surface area contributed by atoms with Crippen LogP contribution >= 0.6 is 0 Å². The van der Waals surface area contributed by atoms with Crippen LogP contribution in [0, 0.1) is 0 Å². The molecule has 2 amide bonds. The highest BCUT2D eigenvalue weighted by atomic mass is 16.5. The van der Waals surface area contributed by atoms with Crippen LogP contribution in [0.1, 0.15) is 0 Å². The van der Waals surface area contributed by atoms with Crippen LogP contribution in [0.4, 0.5) is 4.79 Å². The van der Waals surface area contributed by atoms with Crippen LogP contribution < -0.4 is 16.0 Å². The molecular formula is C5H11N3O2. The molecule has 0 aromatic rings. The van der Waals surface area contributed by atoms with E-state index in [1.807, 2.05) is 0 Å². The Morgan fingerprint density at radius 2 is 2.60 bits per heavy atom. The Morgan fingerprint density at radius 3 is 3.10 bits per heavy atom. The van der Waals surface area contributed by atoms with Gasteiger partial charge in [0.1, 0.15) is 6.23 Å². The van der Waals surface area contributed by atoms with Gasteiger partial charge in [-0.25, -0.2) is 4.79 Å². The maximum Gasteiger partial charge on any atom is 0.316 e. The molecule has 0 spiro atoms. The topological polar surface area (TPSA) is 62.4 Å². The zero-order valence-electron chi connectivity index (χ0n) is 5.81. The predicted molar refractivity (Wildman–Crippen MR) is 35.3 cm³/mol. The molecule has 0 radical (unpaired) electrons. The Hall–Kier alpha value is -0.810. The van der Waals surface area contributed by atoms with Gasteiger partial charge in [0.15, 0.2) is 0 Å². The molecule has 1 atom stereocenters. The zero-order chi connectivity index (χ0) is 7.40. The molecule has 1 unspecified atom stereocenters. The average molecular weight is 145 g/mol. The van der Waals surface area contributed by atoms with Gasteiger partial charge in [0.25, 0.3) is 0 Å². The van der Waals surface area contributed by atoms with Crippen molar-refractivity contribution in [3.8, 4) is 0 Å². The van der Waals surface area contributed by atoms with E-state index in [0.717, 1.165) is 0 Å². The Kier molecular flexibility index (Phi) is 2.47. The maximum atomic E-state index is 10.6. The number of hydrogen-bond donors (Lipinski definition) is 3. The Morgan fingerprint density at radius 1 is 1.80 bits per heavy atom. The van der Waals surface area contributed by atoms with Gasteiger partial charge in [-0.1, -0.05) is 0 Å². The fraction of sp³-hybridized carbons (Fsp3) is 0.800. The number of carbonyl (C=O) groups is 1. The van der Waals surface area contributed by atoms with Crippen molar-refractivity contribution in [2.45, 2.75) is 6.23 Å². The molecule has 1 fully saturated rings. The number of nitrogens with one attached hydrogen (secondary N) is 3. The van der Waals surface area contributed by atoms with Gasteiger partial charge in [-0.2, -0.15) is 0 Å². The highest BCUT2D eigenvalue weighted by Crippen LogP contribution is 1.90. The van der Waals surface area contributed by atoms with Crippen molar-refractivity contribution in [3.05, 3.63) is 0 Å². The van der Waals surface area contributed by atoms with Crippen LogP contribution in [-0.4, -0.2) is 32.6 Å². The Balaban J connectivity index is 2.17. The third-order valence-corrected chi connectivity index (χ3v) is 1.24. The molecule has 5 heteroatoms. The van der Waals surface area contributed by atoms with Crippen LogP contribution in [0.15, 0.2) is 0 Å². The van der Waals surface area contributed by atoms with Crippen molar-refractivity contribution in [2.75, 3.05) is 20.3 Å². The molecule has 10 heavy (non-hydrogen) atoms. The first-order valence-corrected chi connectivity index (χ1v) is 3.13. The second kappa shape index (κ2) is 3.38. The third-order valence-electron chi connectivity index (χ3n) is 1.24. The van der Waals surface area contributed by atoms with Gasteiger partial charge < -0.3 is 15.4 Å². The van der Waals surface area contributed by atoms with E-state index in [2.05, 4.69) is 16.0 Å². The van der Waals surface area contributed by atoms with E-state index in [0.29, 0.717) is 13.3 Å². The van der Waals surface area contributed by atoms with E-state index in [1.54, 1.807) is 7.05 Å². The smallest absolute Gasteiger partial charge is 0.316 e.